The van der Waals surface area contributed by atoms with Gasteiger partial charge in [0.25, 0.3) is 5.91 Å². The number of carbonyl (C=O) groups is 2. The fourth-order valence-electron chi connectivity index (χ4n) is 3.14. The van der Waals surface area contributed by atoms with Crippen LogP contribution in [0.5, 0.6) is 0 Å². The molecule has 0 spiro atoms. The van der Waals surface area contributed by atoms with Gasteiger partial charge in [-0.15, -0.1) is 0 Å². The molecule has 8 nitrogen and oxygen atoms in total. The van der Waals surface area contributed by atoms with Gasteiger partial charge in [-0.05, 0) is 64.5 Å². The fourth-order valence-corrected chi connectivity index (χ4v) is 3.45. The molecule has 2 aromatic heterocycles. The molecule has 2 heterocycles. The van der Waals surface area contributed by atoms with Crippen LogP contribution in [-0.4, -0.2) is 22.0 Å². The zero-order chi connectivity index (χ0) is 22.0. The Hall–Kier alpha value is -2.94. The van der Waals surface area contributed by atoms with Crippen LogP contribution in [0.25, 0.3) is 0 Å². The van der Waals surface area contributed by atoms with Gasteiger partial charge in [-0.3, -0.25) is 9.59 Å². The van der Waals surface area contributed by atoms with E-state index in [1.807, 2.05) is 13.8 Å². The third-order valence-electron chi connectivity index (χ3n) is 5.02. The molecule has 9 heteroatoms. The smallest absolute Gasteiger partial charge is 0.291 e. The molecular formula is C22H23BrN4O4. The molecule has 0 saturated heterocycles. The number of nitrogens with zero attached hydrogens (tertiary/aromatic N) is 2. The molecule has 3 aromatic rings. The predicted octanol–water partition coefficient (Wildman–Crippen LogP) is 4.61. The lowest BCUT2D eigenvalue weighted by Crippen LogP contribution is -2.33. The van der Waals surface area contributed by atoms with E-state index in [2.05, 4.69) is 36.7 Å². The summed E-state index contributed by atoms with van der Waals surface area (Å²) in [5.41, 5.74) is 1.43. The molecule has 2 N–H and O–H groups in total. The van der Waals surface area contributed by atoms with Crippen LogP contribution in [0.1, 0.15) is 66.5 Å². The van der Waals surface area contributed by atoms with E-state index < -0.39 is 0 Å². The van der Waals surface area contributed by atoms with Gasteiger partial charge in [0.05, 0.1) is 6.42 Å². The van der Waals surface area contributed by atoms with Crippen LogP contribution in [0.15, 0.2) is 50.0 Å². The summed E-state index contributed by atoms with van der Waals surface area (Å²) in [5.74, 6) is 1.41. The van der Waals surface area contributed by atoms with E-state index >= 15 is 0 Å². The highest BCUT2D eigenvalue weighted by atomic mass is 79.9. The average Bonchev–Trinajstić information content (AvgIpc) is 3.30. The van der Waals surface area contributed by atoms with Crippen LogP contribution in [-0.2, 0) is 11.2 Å². The minimum atomic E-state index is -0.346. The van der Waals surface area contributed by atoms with E-state index in [4.69, 9.17) is 8.94 Å². The lowest BCUT2D eigenvalue weighted by molar-refractivity contribution is -0.121. The lowest BCUT2D eigenvalue weighted by Gasteiger charge is -2.18. The first kappa shape index (κ1) is 21.3. The van der Waals surface area contributed by atoms with Crippen LogP contribution in [0.3, 0.4) is 0 Å². The van der Waals surface area contributed by atoms with E-state index in [0.717, 1.165) is 24.2 Å². The van der Waals surface area contributed by atoms with Crippen molar-refractivity contribution in [1.82, 2.24) is 15.5 Å². The second-order valence-electron chi connectivity index (χ2n) is 7.99. The molecule has 1 aromatic carbocycles. The summed E-state index contributed by atoms with van der Waals surface area (Å²) in [7, 11) is 0. The molecule has 1 saturated carbocycles. The second kappa shape index (κ2) is 9.05. The molecule has 0 radical (unpaired) electrons. The Morgan fingerprint density at radius 1 is 1.16 bits per heavy atom. The largest absolute Gasteiger partial charge is 0.444 e. The molecule has 1 unspecified atom stereocenters. The number of amides is 2. The van der Waals surface area contributed by atoms with E-state index in [1.165, 1.54) is 0 Å². The van der Waals surface area contributed by atoms with Crippen LogP contribution in [0.4, 0.5) is 5.69 Å². The third kappa shape index (κ3) is 5.41. The molecule has 4 rings (SSSR count). The number of carbonyl (C=O) groups excluding carboxylic acids is 2. The second-order valence-corrected chi connectivity index (χ2v) is 8.77. The van der Waals surface area contributed by atoms with Crippen LogP contribution in [0.2, 0.25) is 0 Å². The molecule has 1 aliphatic carbocycles. The first-order chi connectivity index (χ1) is 14.9. The van der Waals surface area contributed by atoms with Crippen molar-refractivity contribution in [2.75, 3.05) is 5.32 Å². The minimum Gasteiger partial charge on any atom is -0.444 e. The van der Waals surface area contributed by atoms with Crippen molar-refractivity contribution in [1.29, 1.82) is 0 Å². The highest BCUT2D eigenvalue weighted by Gasteiger charge is 2.31. The van der Waals surface area contributed by atoms with Gasteiger partial charge in [-0.1, -0.05) is 31.1 Å². The number of anilines is 1. The summed E-state index contributed by atoms with van der Waals surface area (Å²) >= 11 is 3.17. The van der Waals surface area contributed by atoms with Crippen molar-refractivity contribution in [2.24, 2.45) is 5.92 Å². The molecule has 0 aliphatic heterocycles. The maximum atomic E-state index is 12.6. The normalized spacial score (nSPS) is 14.5. The summed E-state index contributed by atoms with van der Waals surface area (Å²) in [6, 6.07) is 10.0. The molecule has 0 bridgehead atoms. The Labute approximate surface area is 187 Å². The highest BCUT2D eigenvalue weighted by Crippen LogP contribution is 2.38. The molecule has 1 aliphatic rings. The number of halogens is 1. The van der Waals surface area contributed by atoms with E-state index in [0.29, 0.717) is 22.2 Å². The van der Waals surface area contributed by atoms with Crippen molar-refractivity contribution >= 4 is 33.4 Å². The number of benzene rings is 1. The number of aromatic nitrogens is 2. The summed E-state index contributed by atoms with van der Waals surface area (Å²) in [6.45, 7) is 4.00. The van der Waals surface area contributed by atoms with Gasteiger partial charge in [0.1, 0.15) is 6.04 Å². The first-order valence-electron chi connectivity index (χ1n) is 10.2. The van der Waals surface area contributed by atoms with Crippen LogP contribution in [0, 0.1) is 5.92 Å². The van der Waals surface area contributed by atoms with Gasteiger partial charge in [0.15, 0.2) is 16.3 Å². The maximum Gasteiger partial charge on any atom is 0.291 e. The Balaban J connectivity index is 1.34. The molecule has 162 valence electrons. The minimum absolute atomic E-state index is 0.107. The standard InChI is InChI=1S/C22H23BrN4O4/c1-12(2)19(22-26-20(27-31-22)14-5-6-14)25-18(28)11-13-3-7-15(8-4-13)24-21(29)16-9-10-17(23)30-16/h3-4,7-10,12,14,19H,5-6,11H2,1-2H3,(H,24,29)(H,25,28). The quantitative estimate of drug-likeness (QED) is 0.480. The Bertz CT molecular complexity index is 1070. The van der Waals surface area contributed by atoms with Gasteiger partial charge in [-0.2, -0.15) is 4.98 Å². The molecule has 2 amide bonds. The molecule has 1 fully saturated rings. The predicted molar refractivity (Wildman–Crippen MR) is 117 cm³/mol. The van der Waals surface area contributed by atoms with Gasteiger partial charge in [0.2, 0.25) is 11.8 Å². The SMILES string of the molecule is CC(C)C(NC(=O)Cc1ccc(NC(=O)c2ccc(Br)o2)cc1)c1nc(C2CC2)no1. The number of nitrogens with one attached hydrogen (secondary N) is 2. The molecule has 31 heavy (non-hydrogen) atoms. The summed E-state index contributed by atoms with van der Waals surface area (Å²) < 4.78 is 11.1. The third-order valence-corrected chi connectivity index (χ3v) is 5.45. The molecular weight excluding hydrogens is 464 g/mol. The van der Waals surface area contributed by atoms with Crippen molar-refractivity contribution in [3.05, 3.63) is 64.1 Å². The van der Waals surface area contributed by atoms with Crippen LogP contribution >= 0.6 is 15.9 Å². The van der Waals surface area contributed by atoms with E-state index in [9.17, 15) is 9.59 Å². The van der Waals surface area contributed by atoms with Crippen LogP contribution < -0.4 is 10.6 Å². The molecule has 1 atom stereocenters. The number of hydrogen-bond acceptors (Lipinski definition) is 6. The van der Waals surface area contributed by atoms with Gasteiger partial charge in [0, 0.05) is 11.6 Å². The van der Waals surface area contributed by atoms with E-state index in [1.54, 1.807) is 36.4 Å². The van der Waals surface area contributed by atoms with Crippen molar-refractivity contribution in [3.63, 3.8) is 0 Å². The number of hydrogen-bond donors (Lipinski definition) is 2. The van der Waals surface area contributed by atoms with Gasteiger partial charge < -0.3 is 19.6 Å². The summed E-state index contributed by atoms with van der Waals surface area (Å²) in [4.78, 5) is 29.2. The van der Waals surface area contributed by atoms with E-state index in [-0.39, 0.29) is 36.0 Å². The average molecular weight is 487 g/mol. The maximum absolute atomic E-state index is 12.6. The fraction of sp³-hybridized carbons (Fsp3) is 0.364. The number of rotatable bonds is 8. The van der Waals surface area contributed by atoms with Crippen molar-refractivity contribution in [2.45, 2.75) is 45.1 Å². The highest BCUT2D eigenvalue weighted by molar-refractivity contribution is 9.10. The monoisotopic (exact) mass is 486 g/mol. The Kier molecular flexibility index (Phi) is 6.22. The Morgan fingerprint density at radius 3 is 2.52 bits per heavy atom. The zero-order valence-corrected chi connectivity index (χ0v) is 18.8. The summed E-state index contributed by atoms with van der Waals surface area (Å²) in [5, 5.41) is 9.81. The van der Waals surface area contributed by atoms with Crippen molar-refractivity contribution in [3.8, 4) is 0 Å². The number of furan rings is 1. The Morgan fingerprint density at radius 2 is 1.90 bits per heavy atom. The topological polar surface area (TPSA) is 110 Å². The lowest BCUT2D eigenvalue weighted by atomic mass is 10.0. The van der Waals surface area contributed by atoms with Crippen molar-refractivity contribution < 1.29 is 18.5 Å². The summed E-state index contributed by atoms with van der Waals surface area (Å²) in [6.07, 6.45) is 2.38. The van der Waals surface area contributed by atoms with Gasteiger partial charge >= 0.3 is 0 Å². The van der Waals surface area contributed by atoms with Gasteiger partial charge in [-0.25, -0.2) is 0 Å². The first-order valence-corrected chi connectivity index (χ1v) is 11.0. The zero-order valence-electron chi connectivity index (χ0n) is 17.2.